The number of hydrogen-bond donors (Lipinski definition) is 1. The SMILES string of the molecule is COc1ccc(C(N)CN2CCCC(C)C2)c(OC)c1. The van der Waals surface area contributed by atoms with Crippen molar-refractivity contribution < 1.29 is 9.47 Å². The number of nitrogens with two attached hydrogens (primary N) is 1. The summed E-state index contributed by atoms with van der Waals surface area (Å²) in [5.74, 6) is 2.38. The highest BCUT2D eigenvalue weighted by Gasteiger charge is 2.20. The van der Waals surface area contributed by atoms with E-state index < -0.39 is 0 Å². The zero-order chi connectivity index (χ0) is 14.5. The molecule has 20 heavy (non-hydrogen) atoms. The number of likely N-dealkylation sites (tertiary alicyclic amines) is 1. The van der Waals surface area contributed by atoms with E-state index in [1.807, 2.05) is 18.2 Å². The van der Waals surface area contributed by atoms with Crippen LogP contribution in [-0.2, 0) is 0 Å². The second kappa shape index (κ2) is 6.95. The highest BCUT2D eigenvalue weighted by molar-refractivity contribution is 5.42. The summed E-state index contributed by atoms with van der Waals surface area (Å²) in [5, 5.41) is 0. The Bertz CT molecular complexity index is 436. The van der Waals surface area contributed by atoms with Crippen molar-refractivity contribution in [3.63, 3.8) is 0 Å². The summed E-state index contributed by atoms with van der Waals surface area (Å²) in [6.07, 6.45) is 2.60. The molecule has 2 atom stereocenters. The molecule has 112 valence electrons. The molecule has 0 bridgehead atoms. The lowest BCUT2D eigenvalue weighted by molar-refractivity contribution is 0.174. The molecule has 1 fully saturated rings. The van der Waals surface area contributed by atoms with E-state index in [1.165, 1.54) is 12.8 Å². The average Bonchev–Trinajstić information content (AvgIpc) is 2.46. The van der Waals surface area contributed by atoms with Crippen LogP contribution in [0.1, 0.15) is 31.4 Å². The van der Waals surface area contributed by atoms with E-state index in [0.29, 0.717) is 0 Å². The molecule has 1 saturated heterocycles. The van der Waals surface area contributed by atoms with Crippen LogP contribution in [0.5, 0.6) is 11.5 Å². The van der Waals surface area contributed by atoms with E-state index in [-0.39, 0.29) is 6.04 Å². The second-order valence-electron chi connectivity index (χ2n) is 5.72. The van der Waals surface area contributed by atoms with Gasteiger partial charge < -0.3 is 20.1 Å². The molecule has 0 amide bonds. The quantitative estimate of drug-likeness (QED) is 0.898. The van der Waals surface area contributed by atoms with E-state index in [9.17, 15) is 0 Å². The first-order valence-electron chi connectivity index (χ1n) is 7.34. The minimum Gasteiger partial charge on any atom is -0.497 e. The monoisotopic (exact) mass is 278 g/mol. The van der Waals surface area contributed by atoms with Gasteiger partial charge in [-0.15, -0.1) is 0 Å². The first kappa shape index (κ1) is 15.1. The Morgan fingerprint density at radius 2 is 2.15 bits per heavy atom. The van der Waals surface area contributed by atoms with Crippen LogP contribution in [0.3, 0.4) is 0 Å². The third-order valence-electron chi connectivity index (χ3n) is 4.04. The van der Waals surface area contributed by atoms with Gasteiger partial charge in [-0.05, 0) is 31.4 Å². The van der Waals surface area contributed by atoms with Crippen LogP contribution in [0.4, 0.5) is 0 Å². The number of piperidine rings is 1. The summed E-state index contributed by atoms with van der Waals surface area (Å²) in [6.45, 7) is 5.49. The van der Waals surface area contributed by atoms with Gasteiger partial charge in [0.05, 0.1) is 14.2 Å². The van der Waals surface area contributed by atoms with Crippen LogP contribution >= 0.6 is 0 Å². The minimum atomic E-state index is -0.0267. The van der Waals surface area contributed by atoms with E-state index >= 15 is 0 Å². The summed E-state index contributed by atoms with van der Waals surface area (Å²) in [6, 6.07) is 5.82. The highest BCUT2D eigenvalue weighted by Crippen LogP contribution is 2.29. The standard InChI is InChI=1S/C16H26N2O2/c1-12-5-4-8-18(10-12)11-15(17)14-7-6-13(19-2)9-16(14)20-3/h6-7,9,12,15H,4-5,8,10-11,17H2,1-3H3. The van der Waals surface area contributed by atoms with Crippen LogP contribution in [0.25, 0.3) is 0 Å². The maximum atomic E-state index is 6.38. The second-order valence-corrected chi connectivity index (χ2v) is 5.72. The molecule has 1 heterocycles. The molecule has 0 aromatic heterocycles. The third kappa shape index (κ3) is 3.64. The van der Waals surface area contributed by atoms with E-state index in [4.69, 9.17) is 15.2 Å². The lowest BCUT2D eigenvalue weighted by atomic mass is 9.98. The highest BCUT2D eigenvalue weighted by atomic mass is 16.5. The van der Waals surface area contributed by atoms with Crippen LogP contribution in [0.2, 0.25) is 0 Å². The predicted octanol–water partition coefficient (Wildman–Crippen LogP) is 2.44. The predicted molar refractivity (Wildman–Crippen MR) is 81.3 cm³/mol. The zero-order valence-corrected chi connectivity index (χ0v) is 12.8. The van der Waals surface area contributed by atoms with Crippen molar-refractivity contribution >= 4 is 0 Å². The van der Waals surface area contributed by atoms with Crippen molar-refractivity contribution in [1.82, 2.24) is 4.90 Å². The lowest BCUT2D eigenvalue weighted by Crippen LogP contribution is -2.39. The summed E-state index contributed by atoms with van der Waals surface area (Å²) < 4.78 is 10.7. The van der Waals surface area contributed by atoms with Crippen molar-refractivity contribution in [2.45, 2.75) is 25.8 Å². The molecule has 4 heteroatoms. The van der Waals surface area contributed by atoms with Gasteiger partial charge in [-0.25, -0.2) is 0 Å². The normalized spacial score (nSPS) is 21.5. The average molecular weight is 278 g/mol. The first-order chi connectivity index (χ1) is 9.63. The smallest absolute Gasteiger partial charge is 0.127 e. The molecule has 2 rings (SSSR count). The molecule has 0 radical (unpaired) electrons. The Hall–Kier alpha value is -1.26. The van der Waals surface area contributed by atoms with Gasteiger partial charge in [-0.2, -0.15) is 0 Å². The van der Waals surface area contributed by atoms with Crippen molar-refractivity contribution in [1.29, 1.82) is 0 Å². The Kier molecular flexibility index (Phi) is 5.26. The topological polar surface area (TPSA) is 47.7 Å². The van der Waals surface area contributed by atoms with E-state index in [1.54, 1.807) is 14.2 Å². The van der Waals surface area contributed by atoms with Gasteiger partial charge in [-0.3, -0.25) is 0 Å². The van der Waals surface area contributed by atoms with Crippen LogP contribution in [0.15, 0.2) is 18.2 Å². The molecule has 1 aliphatic rings. The maximum Gasteiger partial charge on any atom is 0.127 e. The van der Waals surface area contributed by atoms with Gasteiger partial charge in [-0.1, -0.05) is 13.0 Å². The lowest BCUT2D eigenvalue weighted by Gasteiger charge is -2.33. The van der Waals surface area contributed by atoms with Crippen molar-refractivity contribution in [2.24, 2.45) is 11.7 Å². The molecule has 4 nitrogen and oxygen atoms in total. The van der Waals surface area contributed by atoms with Crippen molar-refractivity contribution in [3.05, 3.63) is 23.8 Å². The van der Waals surface area contributed by atoms with Crippen molar-refractivity contribution in [2.75, 3.05) is 33.9 Å². The zero-order valence-electron chi connectivity index (χ0n) is 12.8. The molecule has 2 N–H and O–H groups in total. The molecular formula is C16H26N2O2. The minimum absolute atomic E-state index is 0.0267. The third-order valence-corrected chi connectivity index (χ3v) is 4.04. The summed E-state index contributed by atoms with van der Waals surface area (Å²) in [7, 11) is 3.33. The fourth-order valence-corrected chi connectivity index (χ4v) is 2.95. The fourth-order valence-electron chi connectivity index (χ4n) is 2.95. The van der Waals surface area contributed by atoms with Gasteiger partial charge in [0, 0.05) is 30.8 Å². The summed E-state index contributed by atoms with van der Waals surface area (Å²) in [4.78, 5) is 2.46. The Morgan fingerprint density at radius 3 is 2.80 bits per heavy atom. The van der Waals surface area contributed by atoms with Gasteiger partial charge in [0.15, 0.2) is 0 Å². The van der Waals surface area contributed by atoms with Gasteiger partial charge >= 0.3 is 0 Å². The largest absolute Gasteiger partial charge is 0.497 e. The molecule has 0 saturated carbocycles. The van der Waals surface area contributed by atoms with E-state index in [2.05, 4.69) is 11.8 Å². The molecule has 1 aromatic rings. The van der Waals surface area contributed by atoms with E-state index in [0.717, 1.165) is 42.6 Å². The number of hydrogen-bond acceptors (Lipinski definition) is 4. The molecular weight excluding hydrogens is 252 g/mol. The molecule has 1 aromatic carbocycles. The number of nitrogens with zero attached hydrogens (tertiary/aromatic N) is 1. The van der Waals surface area contributed by atoms with Crippen molar-refractivity contribution in [3.8, 4) is 11.5 Å². The van der Waals surface area contributed by atoms with Gasteiger partial charge in [0.1, 0.15) is 11.5 Å². The van der Waals surface area contributed by atoms with Gasteiger partial charge in [0.25, 0.3) is 0 Å². The van der Waals surface area contributed by atoms with Crippen LogP contribution in [0, 0.1) is 5.92 Å². The molecule has 1 aliphatic heterocycles. The Balaban J connectivity index is 2.06. The number of ether oxygens (including phenoxy) is 2. The van der Waals surface area contributed by atoms with Crippen LogP contribution < -0.4 is 15.2 Å². The number of rotatable bonds is 5. The first-order valence-corrected chi connectivity index (χ1v) is 7.34. The molecule has 0 aliphatic carbocycles. The molecule has 2 unspecified atom stereocenters. The maximum absolute atomic E-state index is 6.38. The number of methoxy groups -OCH3 is 2. The Morgan fingerprint density at radius 1 is 1.35 bits per heavy atom. The summed E-state index contributed by atoms with van der Waals surface area (Å²) >= 11 is 0. The molecule has 0 spiro atoms. The Labute approximate surface area is 121 Å². The number of benzene rings is 1. The summed E-state index contributed by atoms with van der Waals surface area (Å²) in [5.41, 5.74) is 7.42. The fraction of sp³-hybridized carbons (Fsp3) is 0.625. The van der Waals surface area contributed by atoms with Gasteiger partial charge in [0.2, 0.25) is 0 Å². The van der Waals surface area contributed by atoms with Crippen LogP contribution in [-0.4, -0.2) is 38.8 Å².